The summed E-state index contributed by atoms with van der Waals surface area (Å²) in [7, 11) is 0. The zero-order valence-corrected chi connectivity index (χ0v) is 12.9. The average molecular weight is 329 g/mol. The number of halogens is 1. The van der Waals surface area contributed by atoms with Crippen LogP contribution in [0.3, 0.4) is 0 Å². The van der Waals surface area contributed by atoms with Crippen molar-refractivity contribution >= 4 is 17.7 Å². The summed E-state index contributed by atoms with van der Waals surface area (Å²) in [5.41, 5.74) is 5.36. The molecule has 0 aromatic heterocycles. The highest BCUT2D eigenvalue weighted by molar-refractivity contribution is 5.99. The third-order valence-corrected chi connectivity index (χ3v) is 3.17. The highest BCUT2D eigenvalue weighted by Crippen LogP contribution is 2.06. The minimum absolute atomic E-state index is 0.146. The number of nitrogens with one attached hydrogen (secondary N) is 3. The van der Waals surface area contributed by atoms with Crippen molar-refractivity contribution < 1.29 is 18.8 Å². The summed E-state index contributed by atoms with van der Waals surface area (Å²) in [5.74, 6) is -2.10. The van der Waals surface area contributed by atoms with E-state index in [1.807, 2.05) is 0 Å². The van der Waals surface area contributed by atoms with Crippen molar-refractivity contribution in [1.82, 2.24) is 16.2 Å². The first kappa shape index (κ1) is 17.1. The number of benzene rings is 2. The van der Waals surface area contributed by atoms with Crippen molar-refractivity contribution in [3.05, 3.63) is 71.0 Å². The maximum Gasteiger partial charge on any atom is 0.272 e. The van der Waals surface area contributed by atoms with Crippen molar-refractivity contribution in [2.45, 2.75) is 13.5 Å². The molecule has 0 saturated heterocycles. The van der Waals surface area contributed by atoms with E-state index in [4.69, 9.17) is 0 Å². The topological polar surface area (TPSA) is 87.3 Å². The van der Waals surface area contributed by atoms with E-state index in [0.29, 0.717) is 12.1 Å². The third-order valence-electron chi connectivity index (χ3n) is 3.17. The molecule has 0 aliphatic carbocycles. The molecule has 0 unspecified atom stereocenters. The van der Waals surface area contributed by atoms with Gasteiger partial charge in [-0.2, -0.15) is 0 Å². The number of carbonyl (C=O) groups is 3. The normalized spacial score (nSPS) is 9.92. The van der Waals surface area contributed by atoms with E-state index in [-0.39, 0.29) is 11.5 Å². The predicted molar refractivity (Wildman–Crippen MR) is 85.3 cm³/mol. The Hall–Kier alpha value is -3.22. The summed E-state index contributed by atoms with van der Waals surface area (Å²) >= 11 is 0. The number of hydrogen-bond donors (Lipinski definition) is 3. The molecule has 0 aliphatic heterocycles. The Bertz CT molecular complexity index is 760. The van der Waals surface area contributed by atoms with E-state index < -0.39 is 17.6 Å². The van der Waals surface area contributed by atoms with Crippen molar-refractivity contribution in [2.75, 3.05) is 0 Å². The molecule has 2 aromatic carbocycles. The molecule has 3 N–H and O–H groups in total. The molecule has 0 atom stereocenters. The van der Waals surface area contributed by atoms with Crippen molar-refractivity contribution in [3.8, 4) is 0 Å². The Morgan fingerprint density at radius 3 is 2.17 bits per heavy atom. The van der Waals surface area contributed by atoms with Gasteiger partial charge < -0.3 is 5.32 Å². The molecular formula is C17H16FN3O3. The molecule has 24 heavy (non-hydrogen) atoms. The Kier molecular flexibility index (Phi) is 5.62. The summed E-state index contributed by atoms with van der Waals surface area (Å²) in [6, 6.07) is 11.9. The van der Waals surface area contributed by atoms with Crippen LogP contribution in [0.1, 0.15) is 33.2 Å². The van der Waals surface area contributed by atoms with Gasteiger partial charge in [-0.1, -0.05) is 24.3 Å². The summed E-state index contributed by atoms with van der Waals surface area (Å²) in [5, 5.41) is 2.64. The molecule has 6 nitrogen and oxygen atoms in total. The van der Waals surface area contributed by atoms with Gasteiger partial charge in [-0.3, -0.25) is 25.2 Å². The molecule has 0 saturated carbocycles. The van der Waals surface area contributed by atoms with Gasteiger partial charge in [-0.15, -0.1) is 0 Å². The molecule has 3 amide bonds. The second-order valence-corrected chi connectivity index (χ2v) is 4.99. The maximum absolute atomic E-state index is 13.5. The van der Waals surface area contributed by atoms with Crippen LogP contribution in [-0.2, 0) is 11.3 Å². The predicted octanol–water partition coefficient (Wildman–Crippen LogP) is 1.54. The van der Waals surface area contributed by atoms with E-state index in [1.165, 1.54) is 25.1 Å². The van der Waals surface area contributed by atoms with Gasteiger partial charge in [-0.25, -0.2) is 4.39 Å². The van der Waals surface area contributed by atoms with Gasteiger partial charge in [0.15, 0.2) is 0 Å². The van der Waals surface area contributed by atoms with Crippen LogP contribution in [0.25, 0.3) is 0 Å². The number of amides is 3. The lowest BCUT2D eigenvalue weighted by Gasteiger charge is -2.08. The fraction of sp³-hybridized carbons (Fsp3) is 0.118. The smallest absolute Gasteiger partial charge is 0.272 e. The Morgan fingerprint density at radius 1 is 0.917 bits per heavy atom. The van der Waals surface area contributed by atoms with Crippen LogP contribution in [-0.4, -0.2) is 17.7 Å². The van der Waals surface area contributed by atoms with E-state index in [1.54, 1.807) is 24.3 Å². The second-order valence-electron chi connectivity index (χ2n) is 4.99. The van der Waals surface area contributed by atoms with Crippen molar-refractivity contribution in [3.63, 3.8) is 0 Å². The van der Waals surface area contributed by atoms with Crippen LogP contribution < -0.4 is 16.2 Å². The van der Waals surface area contributed by atoms with Gasteiger partial charge in [0, 0.05) is 19.0 Å². The van der Waals surface area contributed by atoms with Gasteiger partial charge >= 0.3 is 0 Å². The Balaban J connectivity index is 1.91. The highest BCUT2D eigenvalue weighted by atomic mass is 19.1. The van der Waals surface area contributed by atoms with E-state index in [9.17, 15) is 18.8 Å². The molecule has 0 bridgehead atoms. The maximum atomic E-state index is 13.5. The van der Waals surface area contributed by atoms with Crippen LogP contribution >= 0.6 is 0 Å². The van der Waals surface area contributed by atoms with E-state index >= 15 is 0 Å². The standard InChI is InChI=1S/C17H16FN3O3/c1-11(22)19-10-12-6-8-13(9-7-12)16(23)20-21-17(24)14-4-2-3-5-15(14)18/h2-9H,10H2,1H3,(H,19,22)(H,20,23)(H,21,24). The number of hydrogen-bond acceptors (Lipinski definition) is 3. The van der Waals surface area contributed by atoms with Crippen LogP contribution in [0.4, 0.5) is 4.39 Å². The van der Waals surface area contributed by atoms with E-state index in [0.717, 1.165) is 11.6 Å². The van der Waals surface area contributed by atoms with Crippen LogP contribution in [0.15, 0.2) is 48.5 Å². The van der Waals surface area contributed by atoms with Crippen molar-refractivity contribution in [1.29, 1.82) is 0 Å². The van der Waals surface area contributed by atoms with Crippen LogP contribution in [0.5, 0.6) is 0 Å². The van der Waals surface area contributed by atoms with Crippen LogP contribution in [0.2, 0.25) is 0 Å². The average Bonchev–Trinajstić information content (AvgIpc) is 2.58. The van der Waals surface area contributed by atoms with Gasteiger partial charge in [-0.05, 0) is 29.8 Å². The van der Waals surface area contributed by atoms with Gasteiger partial charge in [0.25, 0.3) is 11.8 Å². The minimum atomic E-state index is -0.747. The monoisotopic (exact) mass is 329 g/mol. The Labute approximate surface area is 138 Å². The first-order chi connectivity index (χ1) is 11.5. The molecule has 0 aliphatic rings. The molecular weight excluding hydrogens is 313 g/mol. The van der Waals surface area contributed by atoms with Gasteiger partial charge in [0.2, 0.25) is 5.91 Å². The summed E-state index contributed by atoms with van der Waals surface area (Å²) in [6.45, 7) is 1.78. The molecule has 0 spiro atoms. The zero-order valence-electron chi connectivity index (χ0n) is 12.9. The van der Waals surface area contributed by atoms with Crippen molar-refractivity contribution in [2.24, 2.45) is 0 Å². The summed E-state index contributed by atoms with van der Waals surface area (Å²) < 4.78 is 13.5. The minimum Gasteiger partial charge on any atom is -0.352 e. The third kappa shape index (κ3) is 4.64. The highest BCUT2D eigenvalue weighted by Gasteiger charge is 2.12. The zero-order chi connectivity index (χ0) is 17.5. The lowest BCUT2D eigenvalue weighted by Crippen LogP contribution is -2.41. The molecule has 2 aromatic rings. The number of carbonyl (C=O) groups excluding carboxylic acids is 3. The molecule has 2 rings (SSSR count). The molecule has 0 radical (unpaired) electrons. The first-order valence-corrected chi connectivity index (χ1v) is 7.16. The SMILES string of the molecule is CC(=O)NCc1ccc(C(=O)NNC(=O)c2ccccc2F)cc1. The van der Waals surface area contributed by atoms with E-state index in [2.05, 4.69) is 16.2 Å². The lowest BCUT2D eigenvalue weighted by atomic mass is 10.1. The number of rotatable bonds is 4. The second kappa shape index (κ2) is 7.87. The largest absolute Gasteiger partial charge is 0.352 e. The Morgan fingerprint density at radius 2 is 1.54 bits per heavy atom. The molecule has 7 heteroatoms. The summed E-state index contributed by atoms with van der Waals surface area (Å²) in [4.78, 5) is 34.6. The number of hydrazine groups is 1. The molecule has 124 valence electrons. The lowest BCUT2D eigenvalue weighted by molar-refractivity contribution is -0.119. The molecule has 0 heterocycles. The molecule has 0 fully saturated rings. The summed E-state index contributed by atoms with van der Waals surface area (Å²) in [6.07, 6.45) is 0. The van der Waals surface area contributed by atoms with Gasteiger partial charge in [0.1, 0.15) is 5.82 Å². The quantitative estimate of drug-likeness (QED) is 0.744. The fourth-order valence-electron chi connectivity index (χ4n) is 1.90. The van der Waals surface area contributed by atoms with Gasteiger partial charge in [0.05, 0.1) is 5.56 Å². The van der Waals surface area contributed by atoms with Crippen LogP contribution in [0, 0.1) is 5.82 Å². The first-order valence-electron chi connectivity index (χ1n) is 7.16. The fourth-order valence-corrected chi connectivity index (χ4v) is 1.90.